The number of carbonyl (C=O) groups is 2. The summed E-state index contributed by atoms with van der Waals surface area (Å²) in [4.78, 5) is 23.3. The van der Waals surface area contributed by atoms with Crippen molar-refractivity contribution in [3.05, 3.63) is 0 Å². The zero-order valence-corrected chi connectivity index (χ0v) is 11.2. The van der Waals surface area contributed by atoms with E-state index in [0.29, 0.717) is 6.42 Å². The summed E-state index contributed by atoms with van der Waals surface area (Å²) in [5.41, 5.74) is -0.256. The van der Waals surface area contributed by atoms with E-state index in [2.05, 4.69) is 10.6 Å². The second-order valence-electron chi connectivity index (χ2n) is 5.17. The van der Waals surface area contributed by atoms with E-state index in [1.54, 1.807) is 7.05 Å². The molecule has 1 unspecified atom stereocenters. The molecule has 0 aliphatic carbocycles. The molecule has 0 fully saturated rings. The van der Waals surface area contributed by atoms with Gasteiger partial charge in [-0.25, -0.2) is 0 Å². The van der Waals surface area contributed by atoms with Crippen LogP contribution in [0.1, 0.15) is 41.0 Å². The molecule has 0 heterocycles. The Labute approximate surface area is 98.2 Å². The standard InChI is InChI=1S/C12H24N2O2/c1-7-9(13-6)11(16)14-10(8(2)15)12(3,4)5/h9-10,13H,7H2,1-6H3,(H,14,16)/t9?,10-/m1/s1. The summed E-state index contributed by atoms with van der Waals surface area (Å²) in [6, 6.07) is -0.661. The second kappa shape index (κ2) is 5.99. The van der Waals surface area contributed by atoms with Gasteiger partial charge in [0.2, 0.25) is 5.91 Å². The number of carbonyl (C=O) groups excluding carboxylic acids is 2. The minimum Gasteiger partial charge on any atom is -0.344 e. The van der Waals surface area contributed by atoms with Crippen LogP contribution in [0.15, 0.2) is 0 Å². The maximum Gasteiger partial charge on any atom is 0.237 e. The third-order valence-electron chi connectivity index (χ3n) is 2.63. The first-order valence-corrected chi connectivity index (χ1v) is 5.72. The van der Waals surface area contributed by atoms with Gasteiger partial charge in [0.25, 0.3) is 0 Å². The summed E-state index contributed by atoms with van der Waals surface area (Å²) in [6.45, 7) is 9.27. The SMILES string of the molecule is CCC(NC)C(=O)N[C@H](C(C)=O)C(C)(C)C. The van der Waals surface area contributed by atoms with Crippen molar-refractivity contribution < 1.29 is 9.59 Å². The van der Waals surface area contributed by atoms with Crippen molar-refractivity contribution in [2.75, 3.05) is 7.05 Å². The first kappa shape index (κ1) is 15.1. The van der Waals surface area contributed by atoms with Gasteiger partial charge in [0.1, 0.15) is 0 Å². The van der Waals surface area contributed by atoms with Gasteiger partial charge in [-0.2, -0.15) is 0 Å². The molecule has 0 aliphatic rings. The van der Waals surface area contributed by atoms with Gasteiger partial charge in [-0.05, 0) is 25.8 Å². The topological polar surface area (TPSA) is 58.2 Å². The van der Waals surface area contributed by atoms with E-state index in [9.17, 15) is 9.59 Å². The minimum absolute atomic E-state index is 0.00759. The number of hydrogen-bond acceptors (Lipinski definition) is 3. The maximum absolute atomic E-state index is 11.8. The molecule has 1 amide bonds. The van der Waals surface area contributed by atoms with E-state index in [1.807, 2.05) is 27.7 Å². The third-order valence-corrected chi connectivity index (χ3v) is 2.63. The molecule has 2 N–H and O–H groups in total. The lowest BCUT2D eigenvalue weighted by Crippen LogP contribution is -2.53. The molecule has 0 aromatic rings. The third kappa shape index (κ3) is 4.31. The largest absolute Gasteiger partial charge is 0.344 e. The molecule has 0 aliphatic heterocycles. The van der Waals surface area contributed by atoms with Crippen molar-refractivity contribution in [1.82, 2.24) is 10.6 Å². The molecule has 4 heteroatoms. The molecule has 0 saturated carbocycles. The summed E-state index contributed by atoms with van der Waals surface area (Å²) < 4.78 is 0. The molecule has 94 valence electrons. The van der Waals surface area contributed by atoms with Crippen molar-refractivity contribution in [3.8, 4) is 0 Å². The van der Waals surface area contributed by atoms with E-state index in [4.69, 9.17) is 0 Å². The second-order valence-corrected chi connectivity index (χ2v) is 5.17. The van der Waals surface area contributed by atoms with Crippen LogP contribution in [-0.2, 0) is 9.59 Å². The highest BCUT2D eigenvalue weighted by Gasteiger charge is 2.31. The summed E-state index contributed by atoms with van der Waals surface area (Å²) in [5.74, 6) is -0.119. The Hall–Kier alpha value is -0.900. The van der Waals surface area contributed by atoms with Gasteiger partial charge in [-0.15, -0.1) is 0 Å². The average molecular weight is 228 g/mol. The molecule has 0 saturated heterocycles. The molecular formula is C12H24N2O2. The van der Waals surface area contributed by atoms with E-state index in [1.165, 1.54) is 6.92 Å². The van der Waals surface area contributed by atoms with Crippen LogP contribution < -0.4 is 10.6 Å². The number of likely N-dealkylation sites (N-methyl/N-ethyl adjacent to an activating group) is 1. The molecular weight excluding hydrogens is 204 g/mol. The van der Waals surface area contributed by atoms with Crippen LogP contribution >= 0.6 is 0 Å². The Morgan fingerprint density at radius 2 is 1.75 bits per heavy atom. The smallest absolute Gasteiger partial charge is 0.237 e. The summed E-state index contributed by atoms with van der Waals surface area (Å²) in [7, 11) is 1.74. The zero-order valence-electron chi connectivity index (χ0n) is 11.2. The predicted molar refractivity (Wildman–Crippen MR) is 65.2 cm³/mol. The Bertz CT molecular complexity index is 252. The van der Waals surface area contributed by atoms with Crippen LogP contribution in [0, 0.1) is 5.41 Å². The molecule has 0 spiro atoms. The number of rotatable bonds is 5. The van der Waals surface area contributed by atoms with Gasteiger partial charge >= 0.3 is 0 Å². The van der Waals surface area contributed by atoms with Crippen LogP contribution in [0.4, 0.5) is 0 Å². The quantitative estimate of drug-likeness (QED) is 0.741. The van der Waals surface area contributed by atoms with Gasteiger partial charge in [-0.1, -0.05) is 27.7 Å². The van der Waals surface area contributed by atoms with Crippen molar-refractivity contribution >= 4 is 11.7 Å². The number of ketones is 1. The van der Waals surface area contributed by atoms with Crippen LogP contribution in [0.2, 0.25) is 0 Å². The van der Waals surface area contributed by atoms with Gasteiger partial charge in [0, 0.05) is 0 Å². The highest BCUT2D eigenvalue weighted by Crippen LogP contribution is 2.20. The average Bonchev–Trinajstić information content (AvgIpc) is 2.13. The fourth-order valence-electron chi connectivity index (χ4n) is 1.69. The predicted octanol–water partition coefficient (Wildman–Crippen LogP) is 1.10. The molecule has 4 nitrogen and oxygen atoms in total. The molecule has 0 radical (unpaired) electrons. The summed E-state index contributed by atoms with van der Waals surface area (Å²) >= 11 is 0. The monoisotopic (exact) mass is 228 g/mol. The first-order chi connectivity index (χ1) is 7.23. The Balaban J connectivity index is 4.65. The lowest BCUT2D eigenvalue weighted by molar-refractivity contribution is -0.130. The maximum atomic E-state index is 11.8. The van der Waals surface area contributed by atoms with E-state index < -0.39 is 6.04 Å². The fraction of sp³-hybridized carbons (Fsp3) is 0.833. The fourth-order valence-corrected chi connectivity index (χ4v) is 1.69. The number of hydrogen-bond donors (Lipinski definition) is 2. The van der Waals surface area contributed by atoms with Crippen LogP contribution in [0.3, 0.4) is 0 Å². The minimum atomic E-state index is -0.428. The number of Topliss-reactive ketones (excluding diaryl/α,β-unsaturated/α-hetero) is 1. The van der Waals surface area contributed by atoms with Gasteiger partial charge in [0.15, 0.2) is 5.78 Å². The molecule has 16 heavy (non-hydrogen) atoms. The van der Waals surface area contributed by atoms with E-state index in [0.717, 1.165) is 0 Å². The van der Waals surface area contributed by atoms with Crippen LogP contribution in [-0.4, -0.2) is 30.8 Å². The van der Waals surface area contributed by atoms with Crippen LogP contribution in [0.5, 0.6) is 0 Å². The Morgan fingerprint density at radius 3 is 2.00 bits per heavy atom. The first-order valence-electron chi connectivity index (χ1n) is 5.72. The van der Waals surface area contributed by atoms with Crippen LogP contribution in [0.25, 0.3) is 0 Å². The molecule has 0 rings (SSSR count). The summed E-state index contributed by atoms with van der Waals surface area (Å²) in [5, 5.41) is 5.73. The van der Waals surface area contributed by atoms with Crippen molar-refractivity contribution in [1.29, 1.82) is 0 Å². The highest BCUT2D eigenvalue weighted by molar-refractivity contribution is 5.90. The van der Waals surface area contributed by atoms with E-state index >= 15 is 0 Å². The highest BCUT2D eigenvalue weighted by atomic mass is 16.2. The Morgan fingerprint density at radius 1 is 1.25 bits per heavy atom. The van der Waals surface area contributed by atoms with Gasteiger partial charge < -0.3 is 10.6 Å². The van der Waals surface area contributed by atoms with E-state index in [-0.39, 0.29) is 23.1 Å². The zero-order chi connectivity index (χ0) is 12.9. The molecule has 0 aromatic carbocycles. The Kier molecular flexibility index (Phi) is 5.65. The molecule has 2 atom stereocenters. The molecule has 0 aromatic heterocycles. The lowest BCUT2D eigenvalue weighted by Gasteiger charge is -2.30. The summed E-state index contributed by atoms with van der Waals surface area (Å²) in [6.07, 6.45) is 0.705. The normalized spacial score (nSPS) is 15.4. The van der Waals surface area contributed by atoms with Gasteiger partial charge in [0.05, 0.1) is 12.1 Å². The molecule has 0 bridgehead atoms. The number of amides is 1. The van der Waals surface area contributed by atoms with Crippen molar-refractivity contribution in [2.45, 2.75) is 53.1 Å². The lowest BCUT2D eigenvalue weighted by atomic mass is 9.84. The van der Waals surface area contributed by atoms with Crippen molar-refractivity contribution in [2.24, 2.45) is 5.41 Å². The van der Waals surface area contributed by atoms with Gasteiger partial charge in [-0.3, -0.25) is 9.59 Å². The number of nitrogens with one attached hydrogen (secondary N) is 2. The van der Waals surface area contributed by atoms with Crippen molar-refractivity contribution in [3.63, 3.8) is 0 Å².